The molecule has 0 bridgehead atoms. The van der Waals surface area contributed by atoms with Crippen LogP contribution < -0.4 is 16.0 Å². The van der Waals surface area contributed by atoms with Crippen molar-refractivity contribution in [3.05, 3.63) is 29.6 Å². The molecule has 1 aromatic carbocycles. The first-order valence-electron chi connectivity index (χ1n) is 7.06. The van der Waals surface area contributed by atoms with Gasteiger partial charge in [0.2, 0.25) is 0 Å². The number of rotatable bonds is 4. The van der Waals surface area contributed by atoms with Gasteiger partial charge >= 0.3 is 0 Å². The zero-order valence-electron chi connectivity index (χ0n) is 11.2. The molecule has 3 atom stereocenters. The first kappa shape index (κ1) is 12.9. The average molecular weight is 264 g/mol. The average Bonchev–Trinajstić information content (AvgIpc) is 3.15. The van der Waals surface area contributed by atoms with Crippen LogP contribution >= 0.6 is 0 Å². The van der Waals surface area contributed by atoms with E-state index >= 15 is 0 Å². The van der Waals surface area contributed by atoms with E-state index in [1.165, 1.54) is 31.7 Å². The van der Waals surface area contributed by atoms with Crippen molar-refractivity contribution in [2.75, 3.05) is 7.11 Å². The van der Waals surface area contributed by atoms with E-state index in [4.69, 9.17) is 10.6 Å². The Hall–Kier alpha value is -1.13. The lowest BCUT2D eigenvalue weighted by Crippen LogP contribution is -2.30. The minimum absolute atomic E-state index is 0.00116. The molecule has 3 nitrogen and oxygen atoms in total. The van der Waals surface area contributed by atoms with Crippen molar-refractivity contribution in [1.29, 1.82) is 0 Å². The van der Waals surface area contributed by atoms with Crippen molar-refractivity contribution in [3.63, 3.8) is 0 Å². The summed E-state index contributed by atoms with van der Waals surface area (Å²) >= 11 is 0. The van der Waals surface area contributed by atoms with Gasteiger partial charge in [0.15, 0.2) is 0 Å². The molecule has 3 N–H and O–H groups in total. The molecule has 3 unspecified atom stereocenters. The molecule has 2 saturated carbocycles. The first-order valence-corrected chi connectivity index (χ1v) is 7.06. The van der Waals surface area contributed by atoms with Crippen molar-refractivity contribution < 1.29 is 9.13 Å². The molecule has 0 aromatic heterocycles. The van der Waals surface area contributed by atoms with Gasteiger partial charge in [0.05, 0.1) is 13.2 Å². The predicted molar refractivity (Wildman–Crippen MR) is 72.0 cm³/mol. The van der Waals surface area contributed by atoms with Gasteiger partial charge in [0.25, 0.3) is 0 Å². The summed E-state index contributed by atoms with van der Waals surface area (Å²) in [5.74, 6) is 8.26. The van der Waals surface area contributed by atoms with E-state index in [2.05, 4.69) is 5.43 Å². The van der Waals surface area contributed by atoms with Crippen molar-refractivity contribution in [2.24, 2.45) is 23.6 Å². The van der Waals surface area contributed by atoms with Crippen molar-refractivity contribution in [1.82, 2.24) is 5.43 Å². The Morgan fingerprint density at radius 1 is 1.32 bits per heavy atom. The van der Waals surface area contributed by atoms with E-state index in [1.54, 1.807) is 19.2 Å². The van der Waals surface area contributed by atoms with Gasteiger partial charge in [0.1, 0.15) is 11.6 Å². The number of nitrogens with one attached hydrogen (secondary N) is 1. The van der Waals surface area contributed by atoms with Gasteiger partial charge in [-0.1, -0.05) is 12.8 Å². The van der Waals surface area contributed by atoms with Crippen LogP contribution in [0.3, 0.4) is 0 Å². The van der Waals surface area contributed by atoms with Crippen LogP contribution in [0.4, 0.5) is 4.39 Å². The fourth-order valence-electron chi connectivity index (χ4n) is 3.90. The number of benzene rings is 1. The first-order chi connectivity index (χ1) is 9.26. The lowest BCUT2D eigenvalue weighted by Gasteiger charge is -2.19. The van der Waals surface area contributed by atoms with Crippen molar-refractivity contribution in [2.45, 2.75) is 31.7 Å². The number of ether oxygens (including phenoxy) is 1. The lowest BCUT2D eigenvalue weighted by atomic mass is 9.99. The molecule has 0 spiro atoms. The molecular formula is C15H21FN2O. The molecule has 4 heteroatoms. The normalized spacial score (nSPS) is 30.6. The van der Waals surface area contributed by atoms with Crippen molar-refractivity contribution in [3.8, 4) is 5.75 Å². The van der Waals surface area contributed by atoms with Gasteiger partial charge in [0, 0.05) is 5.56 Å². The number of nitrogens with two attached hydrogens (primary N) is 1. The highest BCUT2D eigenvalue weighted by Crippen LogP contribution is 2.60. The predicted octanol–water partition coefficient (Wildman–Crippen LogP) is 2.77. The highest BCUT2D eigenvalue weighted by atomic mass is 19.1. The van der Waals surface area contributed by atoms with Crippen LogP contribution in [0.5, 0.6) is 5.75 Å². The molecule has 0 aliphatic heterocycles. The summed E-state index contributed by atoms with van der Waals surface area (Å²) in [6, 6.07) is 4.66. The number of methoxy groups -OCH3 is 1. The van der Waals surface area contributed by atoms with Gasteiger partial charge in [-0.15, -0.1) is 0 Å². The van der Waals surface area contributed by atoms with Crippen molar-refractivity contribution >= 4 is 0 Å². The van der Waals surface area contributed by atoms with E-state index < -0.39 is 0 Å². The maximum atomic E-state index is 13.5. The molecule has 2 fully saturated rings. The lowest BCUT2D eigenvalue weighted by molar-refractivity contribution is 0.383. The summed E-state index contributed by atoms with van der Waals surface area (Å²) in [6.07, 6.45) is 5.20. The molecule has 3 rings (SSSR count). The summed E-state index contributed by atoms with van der Waals surface area (Å²) in [4.78, 5) is 0. The monoisotopic (exact) mass is 264 g/mol. The molecule has 19 heavy (non-hydrogen) atoms. The molecule has 2 aliphatic carbocycles. The molecule has 0 amide bonds. The Bertz CT molecular complexity index is 453. The third-order valence-electron chi connectivity index (χ3n) is 4.81. The maximum Gasteiger partial charge on any atom is 0.123 e. The highest BCUT2D eigenvalue weighted by Gasteiger charge is 2.54. The Balaban J connectivity index is 1.88. The molecule has 1 aromatic rings. The molecular weight excluding hydrogens is 243 g/mol. The summed E-state index contributed by atoms with van der Waals surface area (Å²) in [7, 11) is 1.62. The van der Waals surface area contributed by atoms with Gasteiger partial charge in [-0.2, -0.15) is 0 Å². The zero-order chi connectivity index (χ0) is 13.4. The van der Waals surface area contributed by atoms with E-state index in [0.29, 0.717) is 11.7 Å². The number of hydrazine groups is 1. The van der Waals surface area contributed by atoms with Crippen LogP contribution in [0.15, 0.2) is 18.2 Å². The SMILES string of the molecule is COc1ccc(F)cc1C(NN)C1C2CCCCC21. The molecule has 0 radical (unpaired) electrons. The number of halogens is 1. The molecule has 104 valence electrons. The van der Waals surface area contributed by atoms with Gasteiger partial charge in [-0.05, 0) is 48.8 Å². The topological polar surface area (TPSA) is 47.3 Å². The quantitative estimate of drug-likeness (QED) is 0.649. The minimum Gasteiger partial charge on any atom is -0.496 e. The minimum atomic E-state index is -0.236. The fourth-order valence-corrected chi connectivity index (χ4v) is 3.90. The maximum absolute atomic E-state index is 13.5. The summed E-state index contributed by atoms with van der Waals surface area (Å²) in [5.41, 5.74) is 3.74. The summed E-state index contributed by atoms with van der Waals surface area (Å²) in [6.45, 7) is 0. The third-order valence-corrected chi connectivity index (χ3v) is 4.81. The van der Waals surface area contributed by atoms with E-state index in [1.807, 2.05) is 0 Å². The summed E-state index contributed by atoms with van der Waals surface area (Å²) < 4.78 is 18.9. The Kier molecular flexibility index (Phi) is 3.46. The molecule has 0 heterocycles. The van der Waals surface area contributed by atoms with E-state index in [0.717, 1.165) is 17.4 Å². The van der Waals surface area contributed by atoms with Gasteiger partial charge in [-0.25, -0.2) is 4.39 Å². The molecule has 0 saturated heterocycles. The second-order valence-electron chi connectivity index (χ2n) is 5.72. The van der Waals surface area contributed by atoms with Gasteiger partial charge in [-0.3, -0.25) is 11.3 Å². The Labute approximate surface area is 113 Å². The fraction of sp³-hybridized carbons (Fsp3) is 0.600. The van der Waals surface area contributed by atoms with E-state index in [-0.39, 0.29) is 11.9 Å². The van der Waals surface area contributed by atoms with Crippen LogP contribution in [-0.4, -0.2) is 7.11 Å². The standard InChI is InChI=1S/C15H21FN2O/c1-19-13-7-6-9(16)8-12(13)15(18-17)14-10-4-2-3-5-11(10)14/h6-8,10-11,14-15,18H,2-5,17H2,1H3. The van der Waals surface area contributed by atoms with E-state index in [9.17, 15) is 4.39 Å². The van der Waals surface area contributed by atoms with Gasteiger partial charge < -0.3 is 4.74 Å². The van der Waals surface area contributed by atoms with Crippen LogP contribution in [0.1, 0.15) is 37.3 Å². The second-order valence-corrected chi connectivity index (χ2v) is 5.72. The number of fused-ring (bicyclic) bond motifs is 1. The number of hydrogen-bond donors (Lipinski definition) is 2. The second kappa shape index (κ2) is 5.10. The smallest absolute Gasteiger partial charge is 0.123 e. The third kappa shape index (κ3) is 2.23. The summed E-state index contributed by atoms with van der Waals surface area (Å²) in [5, 5.41) is 0. The molecule has 2 aliphatic rings. The number of hydrogen-bond acceptors (Lipinski definition) is 3. The highest BCUT2D eigenvalue weighted by molar-refractivity contribution is 5.38. The Morgan fingerprint density at radius 3 is 2.58 bits per heavy atom. The Morgan fingerprint density at radius 2 is 2.00 bits per heavy atom. The van der Waals surface area contributed by atoms with Crippen LogP contribution in [-0.2, 0) is 0 Å². The largest absolute Gasteiger partial charge is 0.496 e. The zero-order valence-corrected chi connectivity index (χ0v) is 11.2. The van der Waals surface area contributed by atoms with Crippen LogP contribution in [0.25, 0.3) is 0 Å². The van der Waals surface area contributed by atoms with Crippen LogP contribution in [0, 0.1) is 23.6 Å². The van der Waals surface area contributed by atoms with Crippen LogP contribution in [0.2, 0.25) is 0 Å².